The van der Waals surface area contributed by atoms with E-state index in [1.54, 1.807) is 19.2 Å². The van der Waals surface area contributed by atoms with Gasteiger partial charge in [0, 0.05) is 10.6 Å². The molecular formula is C10H13ClN2O2. The molecule has 1 rings (SSSR count). The number of methoxy groups -OCH3 is 1. The molecule has 0 aliphatic carbocycles. The standard InChI is InChI=1S/C10H13ClN2O2/c1-6-3-8(11)4-7(10(6)15-2)5-9(14)13-12/h3-4H,5,12H2,1-2H3,(H,13,14). The first kappa shape index (κ1) is 11.8. The van der Waals surface area contributed by atoms with Gasteiger partial charge in [0.2, 0.25) is 5.91 Å². The molecule has 15 heavy (non-hydrogen) atoms. The van der Waals surface area contributed by atoms with E-state index in [4.69, 9.17) is 22.2 Å². The van der Waals surface area contributed by atoms with Gasteiger partial charge >= 0.3 is 0 Å². The lowest BCUT2D eigenvalue weighted by molar-refractivity contribution is -0.120. The van der Waals surface area contributed by atoms with E-state index in [2.05, 4.69) is 5.43 Å². The molecule has 0 radical (unpaired) electrons. The van der Waals surface area contributed by atoms with Gasteiger partial charge in [-0.1, -0.05) is 11.6 Å². The molecule has 1 amide bonds. The zero-order valence-electron chi connectivity index (χ0n) is 8.63. The van der Waals surface area contributed by atoms with Gasteiger partial charge in [-0.3, -0.25) is 10.2 Å². The number of hydrogen-bond donors (Lipinski definition) is 2. The van der Waals surface area contributed by atoms with Crippen LogP contribution < -0.4 is 16.0 Å². The van der Waals surface area contributed by atoms with Crippen molar-refractivity contribution in [3.63, 3.8) is 0 Å². The number of hydrazine groups is 1. The second-order valence-electron chi connectivity index (χ2n) is 3.16. The highest BCUT2D eigenvalue weighted by Gasteiger charge is 2.11. The minimum absolute atomic E-state index is 0.154. The van der Waals surface area contributed by atoms with Crippen LogP contribution in [-0.2, 0) is 11.2 Å². The number of aryl methyl sites for hydroxylation is 1. The molecule has 3 N–H and O–H groups in total. The van der Waals surface area contributed by atoms with Crippen LogP contribution >= 0.6 is 11.6 Å². The summed E-state index contributed by atoms with van der Waals surface area (Å²) in [7, 11) is 1.56. The molecule has 0 aliphatic heterocycles. The number of ether oxygens (including phenoxy) is 1. The Bertz CT molecular complexity index is 380. The minimum atomic E-state index is -0.282. The Kier molecular flexibility index (Phi) is 3.94. The molecule has 0 saturated carbocycles. The number of amides is 1. The Morgan fingerprint density at radius 2 is 2.27 bits per heavy atom. The Labute approximate surface area is 93.3 Å². The number of halogens is 1. The maximum absolute atomic E-state index is 11.1. The summed E-state index contributed by atoms with van der Waals surface area (Å²) in [5.74, 6) is 5.40. The van der Waals surface area contributed by atoms with Crippen molar-refractivity contribution in [3.8, 4) is 5.75 Å². The zero-order chi connectivity index (χ0) is 11.4. The minimum Gasteiger partial charge on any atom is -0.496 e. The van der Waals surface area contributed by atoms with Gasteiger partial charge in [0.15, 0.2) is 0 Å². The van der Waals surface area contributed by atoms with Crippen LogP contribution in [0.15, 0.2) is 12.1 Å². The molecule has 0 unspecified atom stereocenters. The van der Waals surface area contributed by atoms with Gasteiger partial charge in [-0.05, 0) is 24.6 Å². The SMILES string of the molecule is COc1c(C)cc(Cl)cc1CC(=O)NN. The van der Waals surface area contributed by atoms with E-state index < -0.39 is 0 Å². The molecule has 0 heterocycles. The lowest BCUT2D eigenvalue weighted by Gasteiger charge is -2.11. The fraction of sp³-hybridized carbons (Fsp3) is 0.300. The van der Waals surface area contributed by atoms with Crippen molar-refractivity contribution in [1.82, 2.24) is 5.43 Å². The molecule has 0 fully saturated rings. The summed E-state index contributed by atoms with van der Waals surface area (Å²) in [4.78, 5) is 11.1. The summed E-state index contributed by atoms with van der Waals surface area (Å²) in [6, 6.07) is 3.48. The quantitative estimate of drug-likeness (QED) is 0.464. The molecule has 0 aliphatic rings. The third-order valence-corrected chi connectivity index (χ3v) is 2.25. The number of hydrogen-bond acceptors (Lipinski definition) is 3. The summed E-state index contributed by atoms with van der Waals surface area (Å²) in [5.41, 5.74) is 3.69. The van der Waals surface area contributed by atoms with E-state index in [1.165, 1.54) is 0 Å². The van der Waals surface area contributed by atoms with Crippen molar-refractivity contribution in [2.45, 2.75) is 13.3 Å². The molecule has 4 nitrogen and oxygen atoms in total. The molecule has 0 saturated heterocycles. The van der Waals surface area contributed by atoms with Gasteiger partial charge in [-0.15, -0.1) is 0 Å². The highest BCUT2D eigenvalue weighted by molar-refractivity contribution is 6.30. The largest absolute Gasteiger partial charge is 0.496 e. The molecule has 82 valence electrons. The van der Waals surface area contributed by atoms with E-state index >= 15 is 0 Å². The van der Waals surface area contributed by atoms with Gasteiger partial charge in [-0.25, -0.2) is 5.84 Å². The van der Waals surface area contributed by atoms with Crippen molar-refractivity contribution < 1.29 is 9.53 Å². The molecule has 1 aromatic rings. The normalized spacial score (nSPS) is 9.87. The number of carbonyl (C=O) groups is 1. The smallest absolute Gasteiger partial charge is 0.238 e. The number of nitrogens with two attached hydrogens (primary N) is 1. The van der Waals surface area contributed by atoms with E-state index in [-0.39, 0.29) is 12.3 Å². The summed E-state index contributed by atoms with van der Waals surface area (Å²) in [6.07, 6.45) is 0.154. The number of nitrogens with one attached hydrogen (secondary N) is 1. The van der Waals surface area contributed by atoms with E-state index in [0.717, 1.165) is 11.1 Å². The first-order valence-corrected chi connectivity index (χ1v) is 4.78. The van der Waals surface area contributed by atoms with E-state index in [9.17, 15) is 4.79 Å². The number of carbonyl (C=O) groups excluding carboxylic acids is 1. The predicted molar refractivity (Wildman–Crippen MR) is 58.8 cm³/mol. The number of benzene rings is 1. The lowest BCUT2D eigenvalue weighted by atomic mass is 10.1. The van der Waals surface area contributed by atoms with E-state index in [0.29, 0.717) is 10.8 Å². The number of rotatable bonds is 3. The van der Waals surface area contributed by atoms with Gasteiger partial charge in [0.1, 0.15) is 5.75 Å². The maximum atomic E-state index is 11.1. The van der Waals surface area contributed by atoms with Crippen molar-refractivity contribution in [3.05, 3.63) is 28.3 Å². The van der Waals surface area contributed by atoms with Crippen LogP contribution in [0.3, 0.4) is 0 Å². The second-order valence-corrected chi connectivity index (χ2v) is 3.60. The Balaban J connectivity index is 3.09. The molecule has 1 aromatic carbocycles. The lowest BCUT2D eigenvalue weighted by Crippen LogP contribution is -2.31. The van der Waals surface area contributed by atoms with Gasteiger partial charge in [0.25, 0.3) is 0 Å². The van der Waals surface area contributed by atoms with Gasteiger partial charge in [0.05, 0.1) is 13.5 Å². The van der Waals surface area contributed by atoms with Crippen LogP contribution in [0.4, 0.5) is 0 Å². The van der Waals surface area contributed by atoms with Crippen molar-refractivity contribution in [1.29, 1.82) is 0 Å². The average molecular weight is 229 g/mol. The summed E-state index contributed by atoms with van der Waals surface area (Å²) in [6.45, 7) is 1.87. The van der Waals surface area contributed by atoms with Crippen LogP contribution in [-0.4, -0.2) is 13.0 Å². The fourth-order valence-electron chi connectivity index (χ4n) is 1.45. The highest BCUT2D eigenvalue weighted by atomic mass is 35.5. The van der Waals surface area contributed by atoms with Crippen LogP contribution in [0, 0.1) is 6.92 Å². The summed E-state index contributed by atoms with van der Waals surface area (Å²) < 4.78 is 5.20. The predicted octanol–water partition coefficient (Wildman–Crippen LogP) is 1.19. The van der Waals surface area contributed by atoms with Crippen molar-refractivity contribution in [2.24, 2.45) is 5.84 Å². The Hall–Kier alpha value is -1.26. The third kappa shape index (κ3) is 2.84. The maximum Gasteiger partial charge on any atom is 0.238 e. The molecule has 0 atom stereocenters. The molecule has 0 bridgehead atoms. The Morgan fingerprint density at radius 1 is 1.60 bits per heavy atom. The molecule has 0 spiro atoms. The monoisotopic (exact) mass is 228 g/mol. The Morgan fingerprint density at radius 3 is 2.80 bits per heavy atom. The third-order valence-electron chi connectivity index (χ3n) is 2.03. The van der Waals surface area contributed by atoms with Crippen LogP contribution in [0.5, 0.6) is 5.75 Å². The first-order chi connectivity index (χ1) is 7.08. The van der Waals surface area contributed by atoms with Crippen LogP contribution in [0.2, 0.25) is 5.02 Å². The fourth-order valence-corrected chi connectivity index (χ4v) is 1.74. The average Bonchev–Trinajstić information content (AvgIpc) is 2.17. The first-order valence-electron chi connectivity index (χ1n) is 4.41. The second kappa shape index (κ2) is 5.00. The topological polar surface area (TPSA) is 64.3 Å². The molecular weight excluding hydrogens is 216 g/mol. The molecule has 0 aromatic heterocycles. The zero-order valence-corrected chi connectivity index (χ0v) is 9.39. The van der Waals surface area contributed by atoms with Crippen molar-refractivity contribution in [2.75, 3.05) is 7.11 Å². The van der Waals surface area contributed by atoms with E-state index in [1.807, 2.05) is 6.92 Å². The van der Waals surface area contributed by atoms with Crippen molar-refractivity contribution >= 4 is 17.5 Å². The van der Waals surface area contributed by atoms with Crippen LogP contribution in [0.25, 0.3) is 0 Å². The molecule has 5 heteroatoms. The van der Waals surface area contributed by atoms with Gasteiger partial charge < -0.3 is 4.74 Å². The summed E-state index contributed by atoms with van der Waals surface area (Å²) in [5, 5.41) is 0.577. The van der Waals surface area contributed by atoms with Gasteiger partial charge in [-0.2, -0.15) is 0 Å². The van der Waals surface area contributed by atoms with Crippen LogP contribution in [0.1, 0.15) is 11.1 Å². The highest BCUT2D eigenvalue weighted by Crippen LogP contribution is 2.27. The summed E-state index contributed by atoms with van der Waals surface area (Å²) >= 11 is 5.89.